The molecular formula is C13H17N3. The van der Waals surface area contributed by atoms with Crippen LogP contribution in [0.5, 0.6) is 0 Å². The molecule has 0 aliphatic heterocycles. The standard InChI is InChI=1S/C13H17N3/c1-9-15-12-6-3-10(8-14-2)7-13(12)16(9)11-4-5-11/h3,6-7,11,14H,4-5,8H2,1-2H3. The Morgan fingerprint density at radius 2 is 2.25 bits per heavy atom. The van der Waals surface area contributed by atoms with Gasteiger partial charge in [0.25, 0.3) is 0 Å². The summed E-state index contributed by atoms with van der Waals surface area (Å²) in [5.74, 6) is 1.15. The number of benzene rings is 1. The summed E-state index contributed by atoms with van der Waals surface area (Å²) >= 11 is 0. The second kappa shape index (κ2) is 3.59. The summed E-state index contributed by atoms with van der Waals surface area (Å²) in [4.78, 5) is 4.62. The Labute approximate surface area is 95.5 Å². The smallest absolute Gasteiger partial charge is 0.106 e. The molecule has 1 heterocycles. The third kappa shape index (κ3) is 1.52. The van der Waals surface area contributed by atoms with E-state index < -0.39 is 0 Å². The zero-order valence-electron chi connectivity index (χ0n) is 9.83. The van der Waals surface area contributed by atoms with Gasteiger partial charge in [0, 0.05) is 12.6 Å². The van der Waals surface area contributed by atoms with Crippen LogP contribution in [0.15, 0.2) is 18.2 Å². The fourth-order valence-corrected chi connectivity index (χ4v) is 2.37. The molecule has 0 amide bonds. The lowest BCUT2D eigenvalue weighted by Crippen LogP contribution is -2.05. The van der Waals surface area contributed by atoms with Crippen molar-refractivity contribution in [2.75, 3.05) is 7.05 Å². The highest BCUT2D eigenvalue weighted by Crippen LogP contribution is 2.38. The number of fused-ring (bicyclic) bond motifs is 1. The summed E-state index contributed by atoms with van der Waals surface area (Å²) in [6.07, 6.45) is 2.62. The van der Waals surface area contributed by atoms with Gasteiger partial charge in [-0.25, -0.2) is 4.98 Å². The lowest BCUT2D eigenvalue weighted by molar-refractivity contribution is 0.733. The Hall–Kier alpha value is -1.35. The van der Waals surface area contributed by atoms with Crippen LogP contribution in [0, 0.1) is 6.92 Å². The molecule has 16 heavy (non-hydrogen) atoms. The highest BCUT2D eigenvalue weighted by Gasteiger charge is 2.26. The summed E-state index contributed by atoms with van der Waals surface area (Å²) in [5.41, 5.74) is 3.76. The Morgan fingerprint density at radius 3 is 2.94 bits per heavy atom. The average Bonchev–Trinajstić information content (AvgIpc) is 3.02. The van der Waals surface area contributed by atoms with Crippen molar-refractivity contribution in [1.82, 2.24) is 14.9 Å². The molecule has 2 aromatic rings. The maximum absolute atomic E-state index is 4.62. The van der Waals surface area contributed by atoms with Gasteiger partial charge in [-0.3, -0.25) is 0 Å². The molecule has 1 aromatic heterocycles. The number of aryl methyl sites for hydroxylation is 1. The lowest BCUT2D eigenvalue weighted by Gasteiger charge is -2.05. The molecule has 84 valence electrons. The molecule has 0 spiro atoms. The van der Waals surface area contributed by atoms with Gasteiger partial charge in [0.05, 0.1) is 11.0 Å². The molecule has 1 aliphatic rings. The Kier molecular flexibility index (Phi) is 2.21. The van der Waals surface area contributed by atoms with Gasteiger partial charge < -0.3 is 9.88 Å². The Bertz CT molecular complexity index is 523. The van der Waals surface area contributed by atoms with Crippen LogP contribution < -0.4 is 5.32 Å². The van der Waals surface area contributed by atoms with Crippen LogP contribution in [-0.2, 0) is 6.54 Å². The summed E-state index contributed by atoms with van der Waals surface area (Å²) in [6.45, 7) is 3.03. The maximum Gasteiger partial charge on any atom is 0.106 e. The molecule has 0 unspecified atom stereocenters. The van der Waals surface area contributed by atoms with Crippen LogP contribution in [0.3, 0.4) is 0 Å². The van der Waals surface area contributed by atoms with Crippen LogP contribution in [-0.4, -0.2) is 16.6 Å². The molecular weight excluding hydrogens is 198 g/mol. The molecule has 1 fully saturated rings. The molecule has 1 saturated carbocycles. The second-order valence-corrected chi connectivity index (χ2v) is 4.61. The van der Waals surface area contributed by atoms with Crippen molar-refractivity contribution in [2.45, 2.75) is 32.4 Å². The van der Waals surface area contributed by atoms with Crippen molar-refractivity contribution in [2.24, 2.45) is 0 Å². The van der Waals surface area contributed by atoms with E-state index in [4.69, 9.17) is 0 Å². The average molecular weight is 215 g/mol. The first-order valence-corrected chi connectivity index (χ1v) is 5.91. The minimum atomic E-state index is 0.704. The number of aromatic nitrogens is 2. The Balaban J connectivity index is 2.15. The molecule has 3 rings (SSSR count). The van der Waals surface area contributed by atoms with Gasteiger partial charge in [-0.1, -0.05) is 6.07 Å². The van der Waals surface area contributed by atoms with E-state index >= 15 is 0 Å². The highest BCUT2D eigenvalue weighted by molar-refractivity contribution is 5.77. The van der Waals surface area contributed by atoms with Gasteiger partial charge in [0.1, 0.15) is 5.82 Å². The van der Waals surface area contributed by atoms with E-state index in [2.05, 4.69) is 40.0 Å². The minimum Gasteiger partial charge on any atom is -0.325 e. The van der Waals surface area contributed by atoms with Crippen LogP contribution in [0.2, 0.25) is 0 Å². The second-order valence-electron chi connectivity index (χ2n) is 4.61. The van der Waals surface area contributed by atoms with E-state index in [-0.39, 0.29) is 0 Å². The van der Waals surface area contributed by atoms with Crippen LogP contribution in [0.4, 0.5) is 0 Å². The number of imidazole rings is 1. The minimum absolute atomic E-state index is 0.704. The van der Waals surface area contributed by atoms with Gasteiger partial charge in [0.15, 0.2) is 0 Å². The van der Waals surface area contributed by atoms with E-state index in [0.717, 1.165) is 17.9 Å². The molecule has 1 aromatic carbocycles. The molecule has 0 saturated heterocycles. The van der Waals surface area contributed by atoms with Gasteiger partial charge in [-0.2, -0.15) is 0 Å². The molecule has 1 N–H and O–H groups in total. The summed E-state index contributed by atoms with van der Waals surface area (Å²) < 4.78 is 2.40. The number of hydrogen-bond donors (Lipinski definition) is 1. The van der Waals surface area contributed by atoms with E-state index in [1.165, 1.54) is 23.9 Å². The van der Waals surface area contributed by atoms with E-state index in [0.29, 0.717) is 6.04 Å². The van der Waals surface area contributed by atoms with Crippen molar-refractivity contribution in [3.05, 3.63) is 29.6 Å². The van der Waals surface area contributed by atoms with Crippen molar-refractivity contribution >= 4 is 11.0 Å². The van der Waals surface area contributed by atoms with Gasteiger partial charge in [0.2, 0.25) is 0 Å². The summed E-state index contributed by atoms with van der Waals surface area (Å²) in [7, 11) is 1.98. The number of nitrogens with zero attached hydrogens (tertiary/aromatic N) is 2. The van der Waals surface area contributed by atoms with Crippen molar-refractivity contribution in [3.8, 4) is 0 Å². The number of nitrogens with one attached hydrogen (secondary N) is 1. The van der Waals surface area contributed by atoms with Crippen molar-refractivity contribution in [3.63, 3.8) is 0 Å². The largest absolute Gasteiger partial charge is 0.325 e. The molecule has 3 nitrogen and oxygen atoms in total. The normalized spacial score (nSPS) is 15.9. The summed E-state index contributed by atoms with van der Waals surface area (Å²) in [6, 6.07) is 7.26. The third-order valence-electron chi connectivity index (χ3n) is 3.22. The zero-order valence-corrected chi connectivity index (χ0v) is 9.83. The molecule has 0 radical (unpaired) electrons. The Morgan fingerprint density at radius 1 is 1.44 bits per heavy atom. The quantitative estimate of drug-likeness (QED) is 0.852. The van der Waals surface area contributed by atoms with Crippen LogP contribution in [0.25, 0.3) is 11.0 Å². The molecule has 0 atom stereocenters. The maximum atomic E-state index is 4.62. The molecule has 1 aliphatic carbocycles. The third-order valence-corrected chi connectivity index (χ3v) is 3.22. The fourth-order valence-electron chi connectivity index (χ4n) is 2.37. The van der Waals surface area contributed by atoms with Gasteiger partial charge in [-0.15, -0.1) is 0 Å². The molecule has 3 heteroatoms. The monoisotopic (exact) mass is 215 g/mol. The molecule has 0 bridgehead atoms. The first-order valence-electron chi connectivity index (χ1n) is 5.91. The SMILES string of the molecule is CNCc1ccc2nc(C)n(C3CC3)c2c1. The lowest BCUT2D eigenvalue weighted by atomic mass is 10.2. The predicted molar refractivity (Wildman–Crippen MR) is 65.5 cm³/mol. The number of rotatable bonds is 3. The number of hydrogen-bond acceptors (Lipinski definition) is 2. The van der Waals surface area contributed by atoms with Gasteiger partial charge >= 0.3 is 0 Å². The fraction of sp³-hybridized carbons (Fsp3) is 0.462. The van der Waals surface area contributed by atoms with E-state index in [9.17, 15) is 0 Å². The topological polar surface area (TPSA) is 29.9 Å². The predicted octanol–water partition coefficient (Wildman–Crippen LogP) is 2.40. The van der Waals surface area contributed by atoms with E-state index in [1.54, 1.807) is 0 Å². The highest BCUT2D eigenvalue weighted by atomic mass is 15.1. The van der Waals surface area contributed by atoms with Crippen molar-refractivity contribution < 1.29 is 0 Å². The summed E-state index contributed by atoms with van der Waals surface area (Å²) in [5, 5.41) is 3.19. The first-order chi connectivity index (χ1) is 7.79. The van der Waals surface area contributed by atoms with Crippen LogP contribution >= 0.6 is 0 Å². The zero-order chi connectivity index (χ0) is 11.1. The van der Waals surface area contributed by atoms with Gasteiger partial charge in [-0.05, 0) is 44.5 Å². The van der Waals surface area contributed by atoms with Crippen LogP contribution in [0.1, 0.15) is 30.3 Å². The van der Waals surface area contributed by atoms with Crippen molar-refractivity contribution in [1.29, 1.82) is 0 Å². The first kappa shape index (κ1) is 9.85. The van der Waals surface area contributed by atoms with E-state index in [1.807, 2.05) is 7.05 Å².